The Morgan fingerprint density at radius 2 is 1.36 bits per heavy atom. The zero-order valence-electron chi connectivity index (χ0n) is 9.57. The minimum Gasteiger partial charge on any atom is -0.310 e. The molecule has 0 unspecified atom stereocenters. The summed E-state index contributed by atoms with van der Waals surface area (Å²) in [5.41, 5.74) is 0. The molecule has 0 fully saturated rings. The van der Waals surface area contributed by atoms with E-state index in [9.17, 15) is 4.79 Å². The highest BCUT2D eigenvalue weighted by atomic mass is 16.1. The molecule has 0 rings (SSSR count). The minimum atomic E-state index is 0.261. The summed E-state index contributed by atoms with van der Waals surface area (Å²) in [4.78, 5) is 11.2. The summed E-state index contributed by atoms with van der Waals surface area (Å²) in [6.07, 6.45) is 4.65. The van der Waals surface area contributed by atoms with Crippen LogP contribution in [0.2, 0.25) is 0 Å². The van der Waals surface area contributed by atoms with Gasteiger partial charge in [0.25, 0.3) is 0 Å². The van der Waals surface area contributed by atoms with Gasteiger partial charge < -0.3 is 10.6 Å². The third-order valence-electron chi connectivity index (χ3n) is 2.06. The Bertz CT molecular complexity index is 123. The molecule has 2 N–H and O–H groups in total. The number of unbranched alkanes of at least 4 members (excludes halogenated alkanes) is 2. The largest absolute Gasteiger partial charge is 0.310 e. The lowest BCUT2D eigenvalue weighted by Crippen LogP contribution is -2.32. The third kappa shape index (κ3) is 9.68. The van der Waals surface area contributed by atoms with Crippen molar-refractivity contribution < 1.29 is 4.79 Å². The van der Waals surface area contributed by atoms with Crippen molar-refractivity contribution in [3.05, 3.63) is 0 Å². The van der Waals surface area contributed by atoms with Crippen LogP contribution in [0.5, 0.6) is 0 Å². The highest BCUT2D eigenvalue weighted by Gasteiger charge is 1.99. The molecule has 0 radical (unpaired) electrons. The molecule has 0 heterocycles. The van der Waals surface area contributed by atoms with E-state index in [2.05, 4.69) is 24.5 Å². The molecule has 0 aliphatic rings. The quantitative estimate of drug-likeness (QED) is 0.523. The van der Waals surface area contributed by atoms with Crippen LogP contribution in [-0.2, 0) is 4.79 Å². The Morgan fingerprint density at radius 3 is 1.71 bits per heavy atom. The first-order valence-corrected chi connectivity index (χ1v) is 5.74. The van der Waals surface area contributed by atoms with Crippen LogP contribution in [0.25, 0.3) is 0 Å². The summed E-state index contributed by atoms with van der Waals surface area (Å²) < 4.78 is 0. The lowest BCUT2D eigenvalue weighted by molar-refractivity contribution is -0.117. The zero-order chi connectivity index (χ0) is 10.6. The van der Waals surface area contributed by atoms with Gasteiger partial charge in [-0.3, -0.25) is 4.79 Å². The number of nitrogens with one attached hydrogen (secondary N) is 2. The topological polar surface area (TPSA) is 41.1 Å². The number of carbonyl (C=O) groups is 1. The van der Waals surface area contributed by atoms with Crippen molar-refractivity contribution in [1.29, 1.82) is 0 Å². The number of hydrogen-bond donors (Lipinski definition) is 2. The molecule has 3 heteroatoms. The van der Waals surface area contributed by atoms with E-state index in [0.29, 0.717) is 13.1 Å². The van der Waals surface area contributed by atoms with Gasteiger partial charge in [0.1, 0.15) is 0 Å². The fourth-order valence-electron chi connectivity index (χ4n) is 1.12. The van der Waals surface area contributed by atoms with E-state index in [1.54, 1.807) is 0 Å². The molecule has 0 aliphatic heterocycles. The molecule has 14 heavy (non-hydrogen) atoms. The molecule has 0 saturated heterocycles. The first-order valence-electron chi connectivity index (χ1n) is 5.74. The Balaban J connectivity index is 3.11. The van der Waals surface area contributed by atoms with Crippen LogP contribution in [0.15, 0.2) is 0 Å². The lowest BCUT2D eigenvalue weighted by Gasteiger charge is -2.04. The van der Waals surface area contributed by atoms with E-state index in [1.807, 2.05) is 0 Å². The van der Waals surface area contributed by atoms with Crippen molar-refractivity contribution in [2.75, 3.05) is 26.2 Å². The van der Waals surface area contributed by atoms with Crippen molar-refractivity contribution in [3.8, 4) is 0 Å². The number of Topliss-reactive ketones (excluding diaryl/α,β-unsaturated/α-hetero) is 1. The molecule has 0 aliphatic carbocycles. The average molecular weight is 200 g/mol. The van der Waals surface area contributed by atoms with Crippen molar-refractivity contribution in [2.45, 2.75) is 39.5 Å². The highest BCUT2D eigenvalue weighted by Crippen LogP contribution is 1.83. The predicted molar refractivity (Wildman–Crippen MR) is 60.6 cm³/mol. The molecule has 0 amide bonds. The Morgan fingerprint density at radius 1 is 0.929 bits per heavy atom. The van der Waals surface area contributed by atoms with E-state index in [4.69, 9.17) is 0 Å². The third-order valence-corrected chi connectivity index (χ3v) is 2.06. The number of ketones is 1. The van der Waals surface area contributed by atoms with Crippen molar-refractivity contribution >= 4 is 5.78 Å². The van der Waals surface area contributed by atoms with Crippen LogP contribution < -0.4 is 10.6 Å². The van der Waals surface area contributed by atoms with Crippen LogP contribution in [0.4, 0.5) is 0 Å². The van der Waals surface area contributed by atoms with Gasteiger partial charge in [-0.15, -0.1) is 0 Å². The predicted octanol–water partition coefficient (Wildman–Crippen LogP) is 1.33. The molecule has 0 saturated carbocycles. The van der Waals surface area contributed by atoms with Gasteiger partial charge >= 0.3 is 0 Å². The van der Waals surface area contributed by atoms with Gasteiger partial charge in [-0.2, -0.15) is 0 Å². The summed E-state index contributed by atoms with van der Waals surface area (Å²) in [7, 11) is 0. The summed E-state index contributed by atoms with van der Waals surface area (Å²) in [6, 6.07) is 0. The second-order valence-corrected chi connectivity index (χ2v) is 3.60. The Hall–Kier alpha value is -0.410. The van der Waals surface area contributed by atoms with Gasteiger partial charge in [-0.1, -0.05) is 26.7 Å². The second kappa shape index (κ2) is 10.7. The molecular weight excluding hydrogens is 176 g/mol. The number of hydrogen-bond acceptors (Lipinski definition) is 3. The van der Waals surface area contributed by atoms with Gasteiger partial charge in [0.05, 0.1) is 13.1 Å². The lowest BCUT2D eigenvalue weighted by atomic mass is 10.3. The van der Waals surface area contributed by atoms with Gasteiger partial charge in [-0.05, 0) is 25.9 Å². The fraction of sp³-hybridized carbons (Fsp3) is 0.909. The van der Waals surface area contributed by atoms with Crippen LogP contribution >= 0.6 is 0 Å². The monoisotopic (exact) mass is 200 g/mol. The van der Waals surface area contributed by atoms with E-state index in [1.165, 1.54) is 12.8 Å². The molecule has 0 spiro atoms. The molecule has 0 bridgehead atoms. The molecular formula is C11H24N2O. The van der Waals surface area contributed by atoms with Crippen LogP contribution in [0.3, 0.4) is 0 Å². The molecule has 0 atom stereocenters. The van der Waals surface area contributed by atoms with E-state index in [-0.39, 0.29) is 5.78 Å². The van der Waals surface area contributed by atoms with Crippen LogP contribution in [0, 0.1) is 0 Å². The minimum absolute atomic E-state index is 0.261. The highest BCUT2D eigenvalue weighted by molar-refractivity contribution is 5.82. The Labute approximate surface area is 87.6 Å². The molecule has 0 aromatic rings. The van der Waals surface area contributed by atoms with Crippen LogP contribution in [-0.4, -0.2) is 32.0 Å². The standard InChI is InChI=1S/C11H24N2O/c1-3-5-7-12-9-11(14)10-13-8-6-4-2/h12-13H,3-10H2,1-2H3. The maximum Gasteiger partial charge on any atom is 0.160 e. The second-order valence-electron chi connectivity index (χ2n) is 3.60. The summed E-state index contributed by atoms with van der Waals surface area (Å²) in [5, 5.41) is 6.27. The molecule has 0 aromatic carbocycles. The smallest absolute Gasteiger partial charge is 0.160 e. The van der Waals surface area contributed by atoms with Gasteiger partial charge in [0, 0.05) is 0 Å². The van der Waals surface area contributed by atoms with Gasteiger partial charge in [0.2, 0.25) is 0 Å². The van der Waals surface area contributed by atoms with E-state index < -0.39 is 0 Å². The Kier molecular flexibility index (Phi) is 10.4. The van der Waals surface area contributed by atoms with Crippen molar-refractivity contribution in [3.63, 3.8) is 0 Å². The van der Waals surface area contributed by atoms with Crippen molar-refractivity contribution in [2.24, 2.45) is 0 Å². The normalized spacial score (nSPS) is 10.4. The molecule has 84 valence electrons. The molecule has 3 nitrogen and oxygen atoms in total. The number of rotatable bonds is 10. The summed E-state index contributed by atoms with van der Waals surface area (Å²) in [6.45, 7) is 7.23. The SMILES string of the molecule is CCCCNCC(=O)CNCCCC. The fourth-order valence-corrected chi connectivity index (χ4v) is 1.12. The van der Waals surface area contributed by atoms with Gasteiger partial charge in [-0.25, -0.2) is 0 Å². The van der Waals surface area contributed by atoms with E-state index in [0.717, 1.165) is 25.9 Å². The first-order chi connectivity index (χ1) is 6.81. The molecule has 0 aromatic heterocycles. The maximum atomic E-state index is 11.2. The summed E-state index contributed by atoms with van der Waals surface area (Å²) in [5.74, 6) is 0.261. The first kappa shape index (κ1) is 13.6. The average Bonchev–Trinajstić information content (AvgIpc) is 2.19. The zero-order valence-corrected chi connectivity index (χ0v) is 9.57. The van der Waals surface area contributed by atoms with Crippen molar-refractivity contribution in [1.82, 2.24) is 10.6 Å². The number of carbonyl (C=O) groups excluding carboxylic acids is 1. The maximum absolute atomic E-state index is 11.2. The van der Waals surface area contributed by atoms with E-state index >= 15 is 0 Å². The van der Waals surface area contributed by atoms with Gasteiger partial charge in [0.15, 0.2) is 5.78 Å². The summed E-state index contributed by atoms with van der Waals surface area (Å²) >= 11 is 0. The van der Waals surface area contributed by atoms with Crippen LogP contribution in [0.1, 0.15) is 39.5 Å².